The zero-order valence-electron chi connectivity index (χ0n) is 7.37. The Balaban J connectivity index is 3.12. The Bertz CT molecular complexity index is 357. The van der Waals surface area contributed by atoms with Crippen LogP contribution in [0.2, 0.25) is 0 Å². The maximum absolute atomic E-state index is 12.1. The van der Waals surface area contributed by atoms with Crippen LogP contribution in [0.3, 0.4) is 0 Å². The molecule has 0 aliphatic rings. The van der Waals surface area contributed by atoms with Crippen molar-refractivity contribution in [3.8, 4) is 5.75 Å². The molecule has 0 spiro atoms. The molecule has 0 amide bonds. The molecule has 1 atom stereocenters. The predicted molar refractivity (Wildman–Crippen MR) is 49.8 cm³/mol. The standard InChI is InChI=1S/C8H9F2NO2S/c1-13-5-2-3-6(11)7(4-5)14(12)8(9)10/h2-4,8H,11H2,1H3. The fourth-order valence-electron chi connectivity index (χ4n) is 0.912. The number of benzene rings is 1. The largest absolute Gasteiger partial charge is 0.497 e. The van der Waals surface area contributed by atoms with Crippen molar-refractivity contribution in [1.29, 1.82) is 0 Å². The quantitative estimate of drug-likeness (QED) is 0.789. The van der Waals surface area contributed by atoms with Crippen molar-refractivity contribution in [2.75, 3.05) is 12.8 Å². The summed E-state index contributed by atoms with van der Waals surface area (Å²) in [6.07, 6.45) is 0. The lowest BCUT2D eigenvalue weighted by atomic mass is 10.3. The molecule has 1 aromatic rings. The van der Waals surface area contributed by atoms with Crippen molar-refractivity contribution in [2.45, 2.75) is 10.7 Å². The van der Waals surface area contributed by atoms with Gasteiger partial charge >= 0.3 is 5.76 Å². The SMILES string of the molecule is COc1ccc(N)c(S(=O)C(F)F)c1. The number of rotatable bonds is 3. The summed E-state index contributed by atoms with van der Waals surface area (Å²) in [5, 5.41) is 0. The summed E-state index contributed by atoms with van der Waals surface area (Å²) in [6, 6.07) is 4.15. The van der Waals surface area contributed by atoms with E-state index in [2.05, 4.69) is 0 Å². The van der Waals surface area contributed by atoms with Crippen LogP contribution in [-0.4, -0.2) is 17.1 Å². The number of methoxy groups -OCH3 is 1. The minimum absolute atomic E-state index is 0.0735. The van der Waals surface area contributed by atoms with Crippen molar-refractivity contribution in [1.82, 2.24) is 0 Å². The molecule has 0 aromatic heterocycles. The van der Waals surface area contributed by atoms with Gasteiger partial charge in [0.25, 0.3) is 0 Å². The fourth-order valence-corrected chi connectivity index (χ4v) is 1.64. The highest BCUT2D eigenvalue weighted by Gasteiger charge is 2.18. The molecule has 1 unspecified atom stereocenters. The molecular formula is C8H9F2NO2S. The summed E-state index contributed by atoms with van der Waals surface area (Å²) in [5.74, 6) is -2.59. The van der Waals surface area contributed by atoms with E-state index < -0.39 is 16.6 Å². The number of hydrogen-bond acceptors (Lipinski definition) is 3. The Morgan fingerprint density at radius 1 is 1.50 bits per heavy atom. The zero-order valence-corrected chi connectivity index (χ0v) is 8.18. The molecule has 1 aromatic carbocycles. The molecule has 0 radical (unpaired) electrons. The van der Waals surface area contributed by atoms with Gasteiger partial charge in [-0.1, -0.05) is 0 Å². The van der Waals surface area contributed by atoms with Gasteiger partial charge in [0.15, 0.2) is 0 Å². The monoisotopic (exact) mass is 221 g/mol. The molecule has 1 rings (SSSR count). The van der Waals surface area contributed by atoms with Crippen molar-refractivity contribution in [2.24, 2.45) is 0 Å². The summed E-state index contributed by atoms with van der Waals surface area (Å²) in [4.78, 5) is -0.0978. The average molecular weight is 221 g/mol. The second-order valence-electron chi connectivity index (χ2n) is 2.46. The van der Waals surface area contributed by atoms with E-state index in [-0.39, 0.29) is 10.6 Å². The lowest BCUT2D eigenvalue weighted by Gasteiger charge is -2.06. The Morgan fingerprint density at radius 3 is 2.64 bits per heavy atom. The fraction of sp³-hybridized carbons (Fsp3) is 0.250. The van der Waals surface area contributed by atoms with Crippen LogP contribution >= 0.6 is 0 Å². The molecular weight excluding hydrogens is 212 g/mol. The van der Waals surface area contributed by atoms with Gasteiger partial charge in [-0.15, -0.1) is 0 Å². The second-order valence-corrected chi connectivity index (χ2v) is 3.85. The average Bonchev–Trinajstić information content (AvgIpc) is 2.17. The van der Waals surface area contributed by atoms with Gasteiger partial charge in [0.2, 0.25) is 0 Å². The van der Waals surface area contributed by atoms with Crippen LogP contribution in [0, 0.1) is 0 Å². The van der Waals surface area contributed by atoms with E-state index in [1.54, 1.807) is 0 Å². The molecule has 3 nitrogen and oxygen atoms in total. The van der Waals surface area contributed by atoms with E-state index in [4.69, 9.17) is 10.5 Å². The third-order valence-corrected chi connectivity index (χ3v) is 2.71. The van der Waals surface area contributed by atoms with Gasteiger partial charge in [0.05, 0.1) is 12.0 Å². The molecule has 0 aliphatic heterocycles. The summed E-state index contributed by atoms with van der Waals surface area (Å²) in [5.41, 5.74) is 5.47. The van der Waals surface area contributed by atoms with Crippen molar-refractivity contribution in [3.05, 3.63) is 18.2 Å². The second kappa shape index (κ2) is 4.36. The van der Waals surface area contributed by atoms with Crippen molar-refractivity contribution in [3.63, 3.8) is 0 Å². The van der Waals surface area contributed by atoms with E-state index in [1.807, 2.05) is 0 Å². The van der Waals surface area contributed by atoms with Crippen molar-refractivity contribution < 1.29 is 17.7 Å². The number of anilines is 1. The molecule has 0 saturated carbocycles. The highest BCUT2D eigenvalue weighted by atomic mass is 32.2. The Labute approximate surface area is 82.3 Å². The molecule has 0 heterocycles. The third-order valence-electron chi connectivity index (χ3n) is 1.60. The lowest BCUT2D eigenvalue weighted by Crippen LogP contribution is -2.06. The highest BCUT2D eigenvalue weighted by Crippen LogP contribution is 2.25. The number of alkyl halides is 2. The van der Waals surface area contributed by atoms with Gasteiger partial charge in [0.1, 0.15) is 16.5 Å². The van der Waals surface area contributed by atoms with E-state index >= 15 is 0 Å². The topological polar surface area (TPSA) is 52.3 Å². The molecule has 78 valence electrons. The molecule has 2 N–H and O–H groups in total. The third kappa shape index (κ3) is 2.20. The molecule has 0 aliphatic carbocycles. The number of nitrogens with two attached hydrogens (primary N) is 1. The van der Waals surface area contributed by atoms with Crippen LogP contribution in [0.15, 0.2) is 23.1 Å². The van der Waals surface area contributed by atoms with Crippen LogP contribution in [0.5, 0.6) is 5.75 Å². The molecule has 0 fully saturated rings. The first-order chi connectivity index (χ1) is 6.56. The van der Waals surface area contributed by atoms with Crippen LogP contribution in [-0.2, 0) is 10.8 Å². The van der Waals surface area contributed by atoms with E-state index in [0.29, 0.717) is 5.75 Å². The normalized spacial score (nSPS) is 12.9. The smallest absolute Gasteiger partial charge is 0.316 e. The summed E-state index contributed by atoms with van der Waals surface area (Å²) >= 11 is 0. The zero-order chi connectivity index (χ0) is 10.7. The number of nitrogen functional groups attached to an aromatic ring is 1. The minimum atomic E-state index is -2.94. The molecule has 14 heavy (non-hydrogen) atoms. The van der Waals surface area contributed by atoms with Crippen molar-refractivity contribution >= 4 is 16.5 Å². The maximum Gasteiger partial charge on any atom is 0.316 e. The Hall–Kier alpha value is -1.17. The first kappa shape index (κ1) is 10.9. The van der Waals surface area contributed by atoms with Crippen LogP contribution in [0.4, 0.5) is 14.5 Å². The van der Waals surface area contributed by atoms with Crippen LogP contribution < -0.4 is 10.5 Å². The Kier molecular flexibility index (Phi) is 3.40. The van der Waals surface area contributed by atoms with Crippen LogP contribution in [0.1, 0.15) is 0 Å². The molecule has 0 bridgehead atoms. The summed E-state index contributed by atoms with van der Waals surface area (Å²) < 4.78 is 40.1. The first-order valence-corrected chi connectivity index (χ1v) is 4.89. The van der Waals surface area contributed by atoms with E-state index in [0.717, 1.165) is 0 Å². The first-order valence-electron chi connectivity index (χ1n) is 3.68. The predicted octanol–water partition coefficient (Wildman–Crippen LogP) is 1.61. The maximum atomic E-state index is 12.1. The van der Waals surface area contributed by atoms with Crippen LogP contribution in [0.25, 0.3) is 0 Å². The van der Waals surface area contributed by atoms with Gasteiger partial charge in [0, 0.05) is 5.69 Å². The summed E-state index contributed by atoms with van der Waals surface area (Å²) in [6.45, 7) is 0. The molecule has 0 saturated heterocycles. The van der Waals surface area contributed by atoms with Gasteiger partial charge in [-0.2, -0.15) is 8.78 Å². The van der Waals surface area contributed by atoms with E-state index in [9.17, 15) is 13.0 Å². The molecule has 6 heteroatoms. The number of hydrogen-bond donors (Lipinski definition) is 1. The van der Waals surface area contributed by atoms with Gasteiger partial charge < -0.3 is 10.5 Å². The summed E-state index contributed by atoms with van der Waals surface area (Å²) in [7, 11) is -1.01. The minimum Gasteiger partial charge on any atom is -0.497 e. The highest BCUT2D eigenvalue weighted by molar-refractivity contribution is 7.85. The number of halogens is 2. The Morgan fingerprint density at radius 2 is 2.14 bits per heavy atom. The lowest BCUT2D eigenvalue weighted by molar-refractivity contribution is 0.244. The van der Waals surface area contributed by atoms with Gasteiger partial charge in [-0.25, -0.2) is 4.21 Å². The number of ether oxygens (including phenoxy) is 1. The van der Waals surface area contributed by atoms with Gasteiger partial charge in [-0.3, -0.25) is 0 Å². The van der Waals surface area contributed by atoms with E-state index in [1.165, 1.54) is 25.3 Å². The van der Waals surface area contributed by atoms with Gasteiger partial charge in [-0.05, 0) is 18.2 Å².